The normalized spacial score (nSPS) is 10.3. The molecule has 2 rings (SSSR count). The summed E-state index contributed by atoms with van der Waals surface area (Å²) in [4.78, 5) is 11.9. The number of aryl methyl sites for hydroxylation is 2. The molecule has 0 bridgehead atoms. The fourth-order valence-corrected chi connectivity index (χ4v) is 2.51. The first-order valence-electron chi connectivity index (χ1n) is 8.32. The number of carbonyl (C=O) groups excluding carboxylic acids is 1. The molecule has 0 saturated carbocycles. The Labute approximate surface area is 138 Å². The lowest BCUT2D eigenvalue weighted by molar-refractivity contribution is 0.215. The third kappa shape index (κ3) is 5.78. The maximum absolute atomic E-state index is 11.9. The Bertz CT molecular complexity index is 623. The predicted molar refractivity (Wildman–Crippen MR) is 95.1 cm³/mol. The number of anilines is 1. The van der Waals surface area contributed by atoms with E-state index in [1.54, 1.807) is 12.1 Å². The highest BCUT2D eigenvalue weighted by Gasteiger charge is 2.07. The van der Waals surface area contributed by atoms with Crippen molar-refractivity contribution in [2.45, 2.75) is 46.0 Å². The second-order valence-corrected chi connectivity index (χ2v) is 5.79. The highest BCUT2D eigenvalue weighted by Crippen LogP contribution is 2.19. The van der Waals surface area contributed by atoms with Crippen LogP contribution in [-0.2, 0) is 6.42 Å². The summed E-state index contributed by atoms with van der Waals surface area (Å²) < 4.78 is 5.25. The van der Waals surface area contributed by atoms with E-state index in [2.05, 4.69) is 24.4 Å². The Balaban J connectivity index is 1.89. The molecule has 2 aromatic rings. The summed E-state index contributed by atoms with van der Waals surface area (Å²) >= 11 is 0. The van der Waals surface area contributed by atoms with E-state index in [0.29, 0.717) is 5.75 Å². The minimum absolute atomic E-state index is 0.463. The summed E-state index contributed by atoms with van der Waals surface area (Å²) in [5.74, 6) is 0.537. The minimum Gasteiger partial charge on any atom is -0.410 e. The van der Waals surface area contributed by atoms with Crippen LogP contribution in [0.4, 0.5) is 10.5 Å². The second kappa shape index (κ2) is 8.99. The first-order valence-corrected chi connectivity index (χ1v) is 8.32. The van der Waals surface area contributed by atoms with Gasteiger partial charge in [-0.2, -0.15) is 0 Å². The van der Waals surface area contributed by atoms with Crippen LogP contribution in [0.25, 0.3) is 0 Å². The highest BCUT2D eigenvalue weighted by molar-refractivity contribution is 5.87. The Morgan fingerprint density at radius 2 is 1.83 bits per heavy atom. The van der Waals surface area contributed by atoms with E-state index < -0.39 is 6.09 Å². The van der Waals surface area contributed by atoms with Gasteiger partial charge in [-0.25, -0.2) is 4.79 Å². The zero-order chi connectivity index (χ0) is 16.5. The number of ether oxygens (including phenoxy) is 1. The van der Waals surface area contributed by atoms with Crippen LogP contribution in [0.1, 0.15) is 43.7 Å². The lowest BCUT2D eigenvalue weighted by Gasteiger charge is -2.10. The van der Waals surface area contributed by atoms with Gasteiger partial charge < -0.3 is 4.74 Å². The van der Waals surface area contributed by atoms with Crippen LogP contribution in [0, 0.1) is 6.92 Å². The van der Waals surface area contributed by atoms with Crippen LogP contribution >= 0.6 is 0 Å². The molecule has 0 aromatic heterocycles. The molecule has 0 radical (unpaired) electrons. The molecular formula is C20H25NO2. The SMILES string of the molecule is CCCCCCc1ccc(NC(=O)Oc2ccccc2)c(C)c1. The van der Waals surface area contributed by atoms with Crippen molar-refractivity contribution in [2.24, 2.45) is 0 Å². The lowest BCUT2D eigenvalue weighted by Crippen LogP contribution is -2.17. The number of unbranched alkanes of at least 4 members (excludes halogenated alkanes) is 3. The molecule has 0 spiro atoms. The van der Waals surface area contributed by atoms with Crippen LogP contribution in [-0.4, -0.2) is 6.09 Å². The number of hydrogen-bond donors (Lipinski definition) is 1. The average molecular weight is 311 g/mol. The quantitative estimate of drug-likeness (QED) is 0.663. The summed E-state index contributed by atoms with van der Waals surface area (Å²) in [6.45, 7) is 4.23. The number of nitrogens with one attached hydrogen (secondary N) is 1. The largest absolute Gasteiger partial charge is 0.417 e. The van der Waals surface area contributed by atoms with E-state index in [9.17, 15) is 4.79 Å². The van der Waals surface area contributed by atoms with Gasteiger partial charge in [-0.05, 0) is 49.1 Å². The molecule has 3 nitrogen and oxygen atoms in total. The maximum atomic E-state index is 11.9. The molecule has 0 unspecified atom stereocenters. The number of rotatable bonds is 7. The molecule has 1 amide bonds. The van der Waals surface area contributed by atoms with E-state index in [1.165, 1.54) is 31.2 Å². The van der Waals surface area contributed by atoms with Gasteiger partial charge in [0.15, 0.2) is 0 Å². The molecule has 0 fully saturated rings. The van der Waals surface area contributed by atoms with Gasteiger partial charge in [0.05, 0.1) is 0 Å². The summed E-state index contributed by atoms with van der Waals surface area (Å²) in [7, 11) is 0. The number of benzene rings is 2. The first kappa shape index (κ1) is 17.1. The zero-order valence-corrected chi connectivity index (χ0v) is 14.0. The van der Waals surface area contributed by atoms with Crippen molar-refractivity contribution in [2.75, 3.05) is 5.32 Å². The van der Waals surface area contributed by atoms with Crippen LogP contribution in [0.2, 0.25) is 0 Å². The van der Waals surface area contributed by atoms with Gasteiger partial charge in [0.25, 0.3) is 0 Å². The van der Waals surface area contributed by atoms with Crippen LogP contribution < -0.4 is 10.1 Å². The molecule has 0 heterocycles. The molecule has 23 heavy (non-hydrogen) atoms. The van der Waals surface area contributed by atoms with E-state index >= 15 is 0 Å². The van der Waals surface area contributed by atoms with Crippen molar-refractivity contribution < 1.29 is 9.53 Å². The fraction of sp³-hybridized carbons (Fsp3) is 0.350. The summed E-state index contributed by atoms with van der Waals surface area (Å²) in [5, 5.41) is 2.80. The van der Waals surface area contributed by atoms with Gasteiger partial charge in [-0.3, -0.25) is 5.32 Å². The minimum atomic E-state index is -0.463. The van der Waals surface area contributed by atoms with Gasteiger partial charge >= 0.3 is 6.09 Å². The maximum Gasteiger partial charge on any atom is 0.417 e. The standard InChI is InChI=1S/C20H25NO2/c1-3-4-5-7-10-17-13-14-19(16(2)15-17)21-20(22)23-18-11-8-6-9-12-18/h6,8-9,11-15H,3-5,7,10H2,1-2H3,(H,21,22). The molecule has 3 heteroatoms. The molecule has 0 saturated heterocycles. The molecule has 0 aliphatic rings. The van der Waals surface area contributed by atoms with Crippen molar-refractivity contribution in [1.82, 2.24) is 0 Å². The van der Waals surface area contributed by atoms with Crippen LogP contribution in [0.3, 0.4) is 0 Å². The number of para-hydroxylation sites is 1. The molecule has 0 aliphatic heterocycles. The van der Waals surface area contributed by atoms with Crippen LogP contribution in [0.15, 0.2) is 48.5 Å². The Morgan fingerprint density at radius 3 is 2.52 bits per heavy atom. The second-order valence-electron chi connectivity index (χ2n) is 5.79. The Morgan fingerprint density at radius 1 is 1.04 bits per heavy atom. The van der Waals surface area contributed by atoms with E-state index in [0.717, 1.165) is 17.7 Å². The number of hydrogen-bond acceptors (Lipinski definition) is 2. The summed E-state index contributed by atoms with van der Waals surface area (Å²) in [6, 6.07) is 15.2. The number of amides is 1. The van der Waals surface area contributed by atoms with E-state index in [4.69, 9.17) is 4.74 Å². The van der Waals surface area contributed by atoms with E-state index in [1.807, 2.05) is 31.2 Å². The first-order chi connectivity index (χ1) is 11.2. The molecule has 1 N–H and O–H groups in total. The van der Waals surface area contributed by atoms with Crippen molar-refractivity contribution in [3.05, 3.63) is 59.7 Å². The fourth-order valence-electron chi connectivity index (χ4n) is 2.51. The topological polar surface area (TPSA) is 38.3 Å². The summed E-state index contributed by atoms with van der Waals surface area (Å²) in [6.07, 6.45) is 5.68. The third-order valence-electron chi connectivity index (χ3n) is 3.80. The Kier molecular flexibility index (Phi) is 6.67. The molecular weight excluding hydrogens is 286 g/mol. The molecule has 0 aliphatic carbocycles. The van der Waals surface area contributed by atoms with Crippen LogP contribution in [0.5, 0.6) is 5.75 Å². The Hall–Kier alpha value is -2.29. The van der Waals surface area contributed by atoms with Crippen molar-refractivity contribution >= 4 is 11.8 Å². The van der Waals surface area contributed by atoms with Gasteiger partial charge in [0.2, 0.25) is 0 Å². The van der Waals surface area contributed by atoms with Crippen molar-refractivity contribution in [1.29, 1.82) is 0 Å². The molecule has 2 aromatic carbocycles. The zero-order valence-electron chi connectivity index (χ0n) is 14.0. The summed E-state index contributed by atoms with van der Waals surface area (Å²) in [5.41, 5.74) is 3.17. The van der Waals surface area contributed by atoms with Gasteiger partial charge in [-0.15, -0.1) is 0 Å². The van der Waals surface area contributed by atoms with Gasteiger partial charge in [0.1, 0.15) is 5.75 Å². The monoisotopic (exact) mass is 311 g/mol. The molecule has 0 atom stereocenters. The van der Waals surface area contributed by atoms with Gasteiger partial charge in [0, 0.05) is 5.69 Å². The smallest absolute Gasteiger partial charge is 0.410 e. The van der Waals surface area contributed by atoms with Crippen molar-refractivity contribution in [3.8, 4) is 5.75 Å². The predicted octanol–water partition coefficient (Wildman–Crippen LogP) is 5.73. The van der Waals surface area contributed by atoms with Gasteiger partial charge in [-0.1, -0.05) is 56.5 Å². The van der Waals surface area contributed by atoms with E-state index in [-0.39, 0.29) is 0 Å². The lowest BCUT2D eigenvalue weighted by atomic mass is 10.0. The average Bonchev–Trinajstić information content (AvgIpc) is 2.55. The molecule has 122 valence electrons. The van der Waals surface area contributed by atoms with Crippen molar-refractivity contribution in [3.63, 3.8) is 0 Å². The highest BCUT2D eigenvalue weighted by atomic mass is 16.6. The third-order valence-corrected chi connectivity index (χ3v) is 3.80. The number of carbonyl (C=O) groups is 1.